The molecule has 1 aromatic carbocycles. The predicted octanol–water partition coefficient (Wildman–Crippen LogP) is 1.42. The average molecular weight is 276 g/mol. The van der Waals surface area contributed by atoms with Crippen molar-refractivity contribution in [2.75, 3.05) is 19.9 Å². The van der Waals surface area contributed by atoms with E-state index in [1.165, 1.54) is 0 Å². The summed E-state index contributed by atoms with van der Waals surface area (Å²) in [5.74, 6) is 2.15. The van der Waals surface area contributed by atoms with Crippen LogP contribution in [0.2, 0.25) is 0 Å². The van der Waals surface area contributed by atoms with Crippen LogP contribution >= 0.6 is 0 Å². The molecule has 0 radical (unpaired) electrons. The van der Waals surface area contributed by atoms with Crippen molar-refractivity contribution in [2.45, 2.75) is 25.8 Å². The quantitative estimate of drug-likeness (QED) is 0.873. The van der Waals surface area contributed by atoms with Crippen molar-refractivity contribution in [1.82, 2.24) is 10.6 Å². The van der Waals surface area contributed by atoms with E-state index >= 15 is 0 Å². The number of rotatable bonds is 4. The van der Waals surface area contributed by atoms with Gasteiger partial charge in [-0.1, -0.05) is 12.1 Å². The van der Waals surface area contributed by atoms with Crippen molar-refractivity contribution in [1.29, 1.82) is 0 Å². The molecule has 0 aromatic heterocycles. The maximum Gasteiger partial charge on any atom is 0.231 e. The number of amides is 1. The highest BCUT2D eigenvalue weighted by Crippen LogP contribution is 2.35. The normalized spacial score (nSPS) is 18.0. The summed E-state index contributed by atoms with van der Waals surface area (Å²) in [4.78, 5) is 12.0. The maximum absolute atomic E-state index is 12.0. The second kappa shape index (κ2) is 6.13. The number of fused-ring (bicyclic) bond motifs is 1. The number of ether oxygens (including phenoxy) is 2. The van der Waals surface area contributed by atoms with E-state index in [1.54, 1.807) is 0 Å². The van der Waals surface area contributed by atoms with E-state index in [0.717, 1.165) is 43.0 Å². The molecular formula is C15H20N2O3. The smallest absolute Gasteiger partial charge is 0.231 e. The zero-order valence-corrected chi connectivity index (χ0v) is 11.5. The van der Waals surface area contributed by atoms with E-state index in [9.17, 15) is 4.79 Å². The Kier molecular flexibility index (Phi) is 4.06. The van der Waals surface area contributed by atoms with Crippen LogP contribution in [-0.4, -0.2) is 25.8 Å². The molecule has 20 heavy (non-hydrogen) atoms. The lowest BCUT2D eigenvalue weighted by Gasteiger charge is -2.21. The molecule has 2 heterocycles. The molecule has 3 rings (SSSR count). The lowest BCUT2D eigenvalue weighted by atomic mass is 9.94. The molecule has 5 nitrogen and oxygen atoms in total. The fraction of sp³-hybridized carbons (Fsp3) is 0.533. The minimum Gasteiger partial charge on any atom is -0.454 e. The van der Waals surface area contributed by atoms with Crippen LogP contribution in [-0.2, 0) is 11.3 Å². The van der Waals surface area contributed by atoms with E-state index in [4.69, 9.17) is 9.47 Å². The van der Waals surface area contributed by atoms with Crippen molar-refractivity contribution in [2.24, 2.45) is 5.92 Å². The lowest BCUT2D eigenvalue weighted by molar-refractivity contribution is -0.122. The topological polar surface area (TPSA) is 59.6 Å². The fourth-order valence-electron chi connectivity index (χ4n) is 2.74. The van der Waals surface area contributed by atoms with Crippen molar-refractivity contribution in [3.8, 4) is 11.5 Å². The Labute approximate surface area is 118 Å². The van der Waals surface area contributed by atoms with Gasteiger partial charge in [0.05, 0.1) is 0 Å². The Bertz CT molecular complexity index is 484. The first-order valence-electron chi connectivity index (χ1n) is 7.18. The van der Waals surface area contributed by atoms with Crippen molar-refractivity contribution < 1.29 is 14.3 Å². The van der Waals surface area contributed by atoms with Gasteiger partial charge in [-0.3, -0.25) is 4.79 Å². The van der Waals surface area contributed by atoms with Crippen LogP contribution in [0, 0.1) is 5.92 Å². The zero-order chi connectivity index (χ0) is 13.8. The van der Waals surface area contributed by atoms with Gasteiger partial charge < -0.3 is 20.1 Å². The van der Waals surface area contributed by atoms with Crippen LogP contribution in [0.15, 0.2) is 18.2 Å². The monoisotopic (exact) mass is 276 g/mol. The Morgan fingerprint density at radius 1 is 1.30 bits per heavy atom. The number of hydrogen-bond donors (Lipinski definition) is 2. The summed E-state index contributed by atoms with van der Waals surface area (Å²) in [6, 6.07) is 5.75. The standard InChI is InChI=1S/C15H20N2O3/c18-14(8-11-4-6-16-7-5-11)17-9-12-2-1-3-13-15(12)20-10-19-13/h1-3,11,16H,4-10H2,(H,17,18). The lowest BCUT2D eigenvalue weighted by Crippen LogP contribution is -2.32. The van der Waals surface area contributed by atoms with Gasteiger partial charge in [0.2, 0.25) is 12.7 Å². The molecule has 2 aliphatic rings. The number of carbonyl (C=O) groups excluding carboxylic acids is 1. The Hall–Kier alpha value is -1.75. The molecule has 2 aliphatic heterocycles. The van der Waals surface area contributed by atoms with Gasteiger partial charge in [-0.25, -0.2) is 0 Å². The van der Waals surface area contributed by atoms with Crippen molar-refractivity contribution in [3.63, 3.8) is 0 Å². The molecule has 0 aliphatic carbocycles. The number of para-hydroxylation sites is 1. The van der Waals surface area contributed by atoms with Crippen LogP contribution in [0.4, 0.5) is 0 Å². The minimum atomic E-state index is 0.119. The van der Waals surface area contributed by atoms with Crippen LogP contribution in [0.5, 0.6) is 11.5 Å². The van der Waals surface area contributed by atoms with Gasteiger partial charge in [0.15, 0.2) is 11.5 Å². The number of nitrogens with one attached hydrogen (secondary N) is 2. The van der Waals surface area contributed by atoms with E-state index in [1.807, 2.05) is 18.2 Å². The highest BCUT2D eigenvalue weighted by Gasteiger charge is 2.19. The zero-order valence-electron chi connectivity index (χ0n) is 11.5. The highest BCUT2D eigenvalue weighted by atomic mass is 16.7. The molecule has 1 saturated heterocycles. The second-order valence-corrected chi connectivity index (χ2v) is 5.33. The van der Waals surface area contributed by atoms with E-state index in [-0.39, 0.29) is 12.7 Å². The number of benzene rings is 1. The second-order valence-electron chi connectivity index (χ2n) is 5.33. The summed E-state index contributed by atoms with van der Waals surface area (Å²) in [5.41, 5.74) is 0.971. The van der Waals surface area contributed by atoms with Gasteiger partial charge in [0, 0.05) is 18.5 Å². The molecule has 1 fully saturated rings. The summed E-state index contributed by atoms with van der Waals surface area (Å²) in [6.07, 6.45) is 2.80. The molecule has 0 unspecified atom stereocenters. The first-order valence-corrected chi connectivity index (χ1v) is 7.18. The van der Waals surface area contributed by atoms with E-state index in [0.29, 0.717) is 18.9 Å². The SMILES string of the molecule is O=C(CC1CCNCC1)NCc1cccc2c1OCO2. The molecule has 0 bridgehead atoms. The average Bonchev–Trinajstić information content (AvgIpc) is 2.95. The van der Waals surface area contributed by atoms with Crippen molar-refractivity contribution >= 4 is 5.91 Å². The van der Waals surface area contributed by atoms with Gasteiger partial charge in [-0.2, -0.15) is 0 Å². The molecule has 1 amide bonds. The molecular weight excluding hydrogens is 256 g/mol. The van der Waals surface area contributed by atoms with Gasteiger partial charge >= 0.3 is 0 Å². The Balaban J connectivity index is 1.51. The molecule has 1 aromatic rings. The first-order chi connectivity index (χ1) is 9.83. The highest BCUT2D eigenvalue weighted by molar-refractivity contribution is 5.76. The fourth-order valence-corrected chi connectivity index (χ4v) is 2.74. The third-order valence-electron chi connectivity index (χ3n) is 3.89. The third kappa shape index (κ3) is 3.04. The van der Waals surface area contributed by atoms with Crippen LogP contribution in [0.25, 0.3) is 0 Å². The number of piperidine rings is 1. The van der Waals surface area contributed by atoms with Gasteiger partial charge in [-0.15, -0.1) is 0 Å². The first kappa shape index (κ1) is 13.2. The molecule has 2 N–H and O–H groups in total. The van der Waals surface area contributed by atoms with E-state index < -0.39 is 0 Å². The summed E-state index contributed by atoms with van der Waals surface area (Å²) in [7, 11) is 0. The van der Waals surface area contributed by atoms with E-state index in [2.05, 4.69) is 10.6 Å². The number of hydrogen-bond acceptors (Lipinski definition) is 4. The molecule has 108 valence electrons. The van der Waals surface area contributed by atoms with Gasteiger partial charge in [0.1, 0.15) is 0 Å². The Morgan fingerprint density at radius 3 is 3.00 bits per heavy atom. The summed E-state index contributed by atoms with van der Waals surface area (Å²) in [5, 5.41) is 6.29. The summed E-state index contributed by atoms with van der Waals surface area (Å²) >= 11 is 0. The predicted molar refractivity (Wildman–Crippen MR) is 74.6 cm³/mol. The molecule has 0 atom stereocenters. The third-order valence-corrected chi connectivity index (χ3v) is 3.89. The maximum atomic E-state index is 12.0. The summed E-state index contributed by atoms with van der Waals surface area (Å²) in [6.45, 7) is 2.80. The van der Waals surface area contributed by atoms with Crippen LogP contribution < -0.4 is 20.1 Å². The minimum absolute atomic E-state index is 0.119. The van der Waals surface area contributed by atoms with Gasteiger partial charge in [0.25, 0.3) is 0 Å². The van der Waals surface area contributed by atoms with Crippen molar-refractivity contribution in [3.05, 3.63) is 23.8 Å². The van der Waals surface area contributed by atoms with Crippen LogP contribution in [0.3, 0.4) is 0 Å². The largest absolute Gasteiger partial charge is 0.454 e. The van der Waals surface area contributed by atoms with Crippen LogP contribution in [0.1, 0.15) is 24.8 Å². The number of carbonyl (C=O) groups is 1. The molecule has 5 heteroatoms. The Morgan fingerprint density at radius 2 is 2.15 bits per heavy atom. The molecule has 0 saturated carbocycles. The summed E-state index contributed by atoms with van der Waals surface area (Å²) < 4.78 is 10.8. The van der Waals surface area contributed by atoms with Gasteiger partial charge in [-0.05, 0) is 37.9 Å². The molecule has 0 spiro atoms.